The second kappa shape index (κ2) is 10.2. The molecule has 0 unspecified atom stereocenters. The van der Waals surface area contributed by atoms with E-state index in [2.05, 4.69) is 83.1 Å². The van der Waals surface area contributed by atoms with Gasteiger partial charge in [0.1, 0.15) is 7.11 Å². The van der Waals surface area contributed by atoms with Gasteiger partial charge in [-0.05, 0) is 33.6 Å². The maximum Gasteiger partial charge on any atom is 0.133 e. The van der Waals surface area contributed by atoms with Gasteiger partial charge in [0.2, 0.25) is 0 Å². The van der Waals surface area contributed by atoms with Gasteiger partial charge in [-0.3, -0.25) is 0 Å². The quantitative estimate of drug-likeness (QED) is 0.594. The first-order valence-corrected chi connectivity index (χ1v) is 8.59. The summed E-state index contributed by atoms with van der Waals surface area (Å²) in [5.74, 6) is 0.595. The molecule has 0 atom stereocenters. The summed E-state index contributed by atoms with van der Waals surface area (Å²) in [6.45, 7) is 15.2. The summed E-state index contributed by atoms with van der Waals surface area (Å²) in [4.78, 5) is 0. The predicted molar refractivity (Wildman–Crippen MR) is 106 cm³/mol. The molecule has 2 N–H and O–H groups in total. The molecule has 1 heteroatoms. The first kappa shape index (κ1) is 21.4. The molecule has 2 aromatic rings. The van der Waals surface area contributed by atoms with Crippen LogP contribution in [0, 0.1) is 0 Å². The highest BCUT2D eigenvalue weighted by atomic mass is 16.2. The fraction of sp³-hybridized carbons (Fsp3) is 0.455. The molecule has 0 aliphatic rings. The highest BCUT2D eigenvalue weighted by Gasteiger charge is 2.13. The van der Waals surface area contributed by atoms with Crippen LogP contribution >= 0.6 is 0 Å². The number of benzene rings is 2. The molecule has 0 aliphatic carbocycles. The van der Waals surface area contributed by atoms with Crippen molar-refractivity contribution >= 4 is 0 Å². The normalized spacial score (nSPS) is 10.3. The lowest BCUT2D eigenvalue weighted by Gasteiger charge is -2.19. The molecule has 2 aromatic carbocycles. The molecule has 0 saturated heterocycles. The van der Waals surface area contributed by atoms with Gasteiger partial charge in [-0.2, -0.15) is 0 Å². The monoisotopic (exact) mass is 315 g/mol. The molecule has 0 radical (unpaired) electrons. The molecule has 128 valence electrons. The van der Waals surface area contributed by atoms with Gasteiger partial charge in [-0.25, -0.2) is 0 Å². The van der Waals surface area contributed by atoms with E-state index in [9.17, 15) is 0 Å². The maximum absolute atomic E-state index is 5.75. The first-order valence-electron chi connectivity index (χ1n) is 8.59. The van der Waals surface area contributed by atoms with E-state index in [0.29, 0.717) is 5.92 Å². The number of hydrogen-bond donors (Lipinski definition) is 0. The van der Waals surface area contributed by atoms with Crippen LogP contribution in [-0.2, 0) is 5.41 Å². The molecule has 0 saturated carbocycles. The zero-order chi connectivity index (χ0) is 18.0. The van der Waals surface area contributed by atoms with E-state index in [1.54, 1.807) is 0 Å². The second-order valence-electron chi connectivity index (χ2n) is 6.60. The fourth-order valence-electron chi connectivity index (χ4n) is 2.22. The van der Waals surface area contributed by atoms with Crippen LogP contribution in [0.1, 0.15) is 65.5 Å². The summed E-state index contributed by atoms with van der Waals surface area (Å²) in [6, 6.07) is 17.9. The van der Waals surface area contributed by atoms with Gasteiger partial charge < -0.3 is 5.11 Å². The minimum absolute atomic E-state index is 0.222. The SMILES string of the molecule is CC.CC(C)c1ccc(-c2ccc(C(C)(C)C)cc2)cc1.C[OH2+]. The molecule has 0 aromatic heterocycles. The van der Waals surface area contributed by atoms with Gasteiger partial charge >= 0.3 is 0 Å². The van der Waals surface area contributed by atoms with Gasteiger partial charge in [0, 0.05) is 0 Å². The lowest BCUT2D eigenvalue weighted by molar-refractivity contribution is 0.399. The molecular weight excluding hydrogens is 280 g/mol. The van der Waals surface area contributed by atoms with Gasteiger partial charge in [0.15, 0.2) is 0 Å². The average molecular weight is 316 g/mol. The third kappa shape index (κ3) is 6.58. The van der Waals surface area contributed by atoms with Gasteiger partial charge in [0.05, 0.1) is 0 Å². The van der Waals surface area contributed by atoms with Crippen molar-refractivity contribution < 1.29 is 5.11 Å². The molecular formula is C22H35O+. The summed E-state index contributed by atoms with van der Waals surface area (Å²) in [5.41, 5.74) is 5.60. The highest BCUT2D eigenvalue weighted by Crippen LogP contribution is 2.27. The van der Waals surface area contributed by atoms with Crippen LogP contribution in [0.5, 0.6) is 0 Å². The van der Waals surface area contributed by atoms with E-state index in [1.165, 1.54) is 29.4 Å². The third-order valence-electron chi connectivity index (χ3n) is 3.66. The van der Waals surface area contributed by atoms with Crippen molar-refractivity contribution in [1.29, 1.82) is 0 Å². The van der Waals surface area contributed by atoms with Gasteiger partial charge in [0.25, 0.3) is 0 Å². The standard InChI is InChI=1S/C19H24.C2H6.CH4O/c1-14(2)15-6-8-16(9-7-15)17-10-12-18(13-11-17)19(3,4)5;2*1-2/h6-14H,1-5H3;1-2H3;2H,1H3/p+1. The van der Waals surface area contributed by atoms with Crippen LogP contribution in [0.25, 0.3) is 11.1 Å². The zero-order valence-corrected chi connectivity index (χ0v) is 16.2. The van der Waals surface area contributed by atoms with Gasteiger partial charge in [-0.15, -0.1) is 0 Å². The van der Waals surface area contributed by atoms with Gasteiger partial charge in [-0.1, -0.05) is 97.0 Å². The molecule has 0 fully saturated rings. The van der Waals surface area contributed by atoms with Crippen molar-refractivity contribution in [2.24, 2.45) is 0 Å². The highest BCUT2D eigenvalue weighted by molar-refractivity contribution is 5.64. The Morgan fingerprint density at radius 2 is 1.04 bits per heavy atom. The Kier molecular flexibility index (Phi) is 9.52. The summed E-state index contributed by atoms with van der Waals surface area (Å²) in [6.07, 6.45) is 0. The number of rotatable bonds is 2. The number of hydrogen-bond acceptors (Lipinski definition) is 0. The van der Waals surface area contributed by atoms with Crippen LogP contribution in [0.2, 0.25) is 0 Å². The minimum Gasteiger partial charge on any atom is -0.448 e. The van der Waals surface area contributed by atoms with Crippen molar-refractivity contribution in [3.63, 3.8) is 0 Å². The second-order valence-corrected chi connectivity index (χ2v) is 6.60. The Morgan fingerprint density at radius 3 is 1.35 bits per heavy atom. The van der Waals surface area contributed by atoms with E-state index < -0.39 is 0 Å². The first-order chi connectivity index (χ1) is 10.9. The predicted octanol–water partition coefficient (Wildman–Crippen LogP) is 6.14. The van der Waals surface area contributed by atoms with Crippen molar-refractivity contribution in [2.75, 3.05) is 7.11 Å². The summed E-state index contributed by atoms with van der Waals surface area (Å²) in [7, 11) is 1.25. The molecule has 0 heterocycles. The molecule has 23 heavy (non-hydrogen) atoms. The van der Waals surface area contributed by atoms with Crippen molar-refractivity contribution in [3.8, 4) is 11.1 Å². The van der Waals surface area contributed by atoms with Crippen molar-refractivity contribution in [1.82, 2.24) is 0 Å². The molecule has 0 aliphatic heterocycles. The lowest BCUT2D eigenvalue weighted by Crippen LogP contribution is -2.10. The summed E-state index contributed by atoms with van der Waals surface area (Å²) >= 11 is 0. The Bertz CT molecular complexity index is 528. The lowest BCUT2D eigenvalue weighted by atomic mass is 9.86. The Balaban J connectivity index is 0.00000112. The van der Waals surface area contributed by atoms with Crippen LogP contribution in [-0.4, -0.2) is 12.2 Å². The van der Waals surface area contributed by atoms with Crippen molar-refractivity contribution in [3.05, 3.63) is 59.7 Å². The largest absolute Gasteiger partial charge is 0.448 e. The smallest absolute Gasteiger partial charge is 0.133 e. The Labute approximate surface area is 143 Å². The molecule has 1 nitrogen and oxygen atoms in total. The van der Waals surface area contributed by atoms with E-state index >= 15 is 0 Å². The van der Waals surface area contributed by atoms with Crippen LogP contribution in [0.4, 0.5) is 0 Å². The van der Waals surface area contributed by atoms with Crippen LogP contribution in [0.3, 0.4) is 0 Å². The summed E-state index contributed by atoms with van der Waals surface area (Å²) < 4.78 is 0. The average Bonchev–Trinajstić information content (AvgIpc) is 2.58. The molecule has 0 amide bonds. The van der Waals surface area contributed by atoms with Crippen molar-refractivity contribution in [2.45, 2.75) is 59.8 Å². The Hall–Kier alpha value is -1.60. The maximum atomic E-state index is 5.75. The van der Waals surface area contributed by atoms with Crippen LogP contribution in [0.15, 0.2) is 48.5 Å². The van der Waals surface area contributed by atoms with E-state index in [0.717, 1.165) is 0 Å². The van der Waals surface area contributed by atoms with E-state index in [1.807, 2.05) is 13.8 Å². The molecule has 0 bridgehead atoms. The Morgan fingerprint density at radius 1 is 0.696 bits per heavy atom. The minimum atomic E-state index is 0.222. The van der Waals surface area contributed by atoms with E-state index in [4.69, 9.17) is 5.11 Å². The zero-order valence-electron chi connectivity index (χ0n) is 16.2. The van der Waals surface area contributed by atoms with Crippen LogP contribution < -0.4 is 0 Å². The topological polar surface area (TPSA) is 22.9 Å². The fourth-order valence-corrected chi connectivity index (χ4v) is 2.22. The summed E-state index contributed by atoms with van der Waals surface area (Å²) in [5, 5.41) is 5.75. The molecule has 2 rings (SSSR count). The molecule has 0 spiro atoms. The van der Waals surface area contributed by atoms with E-state index in [-0.39, 0.29) is 5.41 Å². The third-order valence-corrected chi connectivity index (χ3v) is 3.66.